The Balaban J connectivity index is 2.33. The van der Waals surface area contributed by atoms with E-state index in [1.54, 1.807) is 19.3 Å². The summed E-state index contributed by atoms with van der Waals surface area (Å²) < 4.78 is 10.7. The number of methoxy groups -OCH3 is 1. The lowest BCUT2D eigenvalue weighted by atomic mass is 10.1. The third-order valence-corrected chi connectivity index (χ3v) is 3.60. The molecule has 0 saturated heterocycles. The molecular formula is C19H23NO4. The molecule has 128 valence electrons. The van der Waals surface area contributed by atoms with Gasteiger partial charge in [0, 0.05) is 17.8 Å². The Hall–Kier alpha value is -2.69. The fourth-order valence-corrected chi connectivity index (χ4v) is 2.57. The van der Waals surface area contributed by atoms with Gasteiger partial charge in [-0.05, 0) is 36.2 Å². The first kappa shape index (κ1) is 17.7. The van der Waals surface area contributed by atoms with Gasteiger partial charge in [-0.2, -0.15) is 0 Å². The normalized spacial score (nSPS) is 10.7. The zero-order chi connectivity index (χ0) is 17.7. The van der Waals surface area contributed by atoms with Crippen molar-refractivity contribution in [1.82, 2.24) is 0 Å². The quantitative estimate of drug-likeness (QED) is 0.782. The van der Waals surface area contributed by atoms with Crippen LogP contribution in [0.25, 0.3) is 6.08 Å². The van der Waals surface area contributed by atoms with Crippen molar-refractivity contribution in [3.63, 3.8) is 0 Å². The molecule has 2 rings (SSSR count). The molecule has 0 atom stereocenters. The number of aromatic carboxylic acids is 1. The highest BCUT2D eigenvalue weighted by Crippen LogP contribution is 2.28. The number of hydrogen-bond acceptors (Lipinski definition) is 4. The summed E-state index contributed by atoms with van der Waals surface area (Å²) in [7, 11) is 1.63. The number of ether oxygens (including phenoxy) is 1. The van der Waals surface area contributed by atoms with Gasteiger partial charge in [0.05, 0.1) is 13.7 Å². The Bertz CT molecular complexity index is 718. The molecule has 0 amide bonds. The molecule has 5 heteroatoms. The topological polar surface area (TPSA) is 62.9 Å². The van der Waals surface area contributed by atoms with E-state index in [0.717, 1.165) is 23.5 Å². The van der Waals surface area contributed by atoms with Crippen molar-refractivity contribution in [2.24, 2.45) is 5.92 Å². The van der Waals surface area contributed by atoms with Crippen LogP contribution in [0.2, 0.25) is 0 Å². The molecule has 1 aromatic carbocycles. The van der Waals surface area contributed by atoms with E-state index in [4.69, 9.17) is 14.3 Å². The van der Waals surface area contributed by atoms with Crippen LogP contribution in [0.1, 0.15) is 35.7 Å². The second kappa shape index (κ2) is 7.73. The standard InChI is InChI=1S/C19H23NO4/c1-5-14-10-15(23-4)6-8-17(14)20(11-13(2)3)12-16-7-9-18(24-16)19(21)22/h5-10,13H,1,11-12H2,2-4H3,(H,21,22). The zero-order valence-electron chi connectivity index (χ0n) is 14.3. The lowest BCUT2D eigenvalue weighted by molar-refractivity contribution is 0.0660. The monoisotopic (exact) mass is 329 g/mol. The van der Waals surface area contributed by atoms with Crippen molar-refractivity contribution in [2.75, 3.05) is 18.6 Å². The van der Waals surface area contributed by atoms with Gasteiger partial charge in [0.2, 0.25) is 5.76 Å². The minimum Gasteiger partial charge on any atom is -0.497 e. The van der Waals surface area contributed by atoms with Crippen molar-refractivity contribution in [3.8, 4) is 5.75 Å². The summed E-state index contributed by atoms with van der Waals surface area (Å²) in [5.74, 6) is 0.697. The molecule has 0 spiro atoms. The third-order valence-electron chi connectivity index (χ3n) is 3.60. The smallest absolute Gasteiger partial charge is 0.371 e. The SMILES string of the molecule is C=Cc1cc(OC)ccc1N(Cc1ccc(C(=O)O)o1)CC(C)C. The third kappa shape index (κ3) is 4.19. The van der Waals surface area contributed by atoms with Gasteiger partial charge in [0.15, 0.2) is 0 Å². The van der Waals surface area contributed by atoms with Gasteiger partial charge in [-0.3, -0.25) is 0 Å². The molecule has 0 radical (unpaired) electrons. The molecule has 0 bridgehead atoms. The highest BCUT2D eigenvalue weighted by Gasteiger charge is 2.16. The van der Waals surface area contributed by atoms with Crippen LogP contribution >= 0.6 is 0 Å². The Morgan fingerprint density at radius 3 is 2.67 bits per heavy atom. The summed E-state index contributed by atoms with van der Waals surface area (Å²) in [5.41, 5.74) is 1.97. The molecule has 2 aromatic rings. The maximum Gasteiger partial charge on any atom is 0.371 e. The van der Waals surface area contributed by atoms with E-state index in [1.807, 2.05) is 18.2 Å². The van der Waals surface area contributed by atoms with Crippen LogP contribution < -0.4 is 9.64 Å². The number of nitrogens with zero attached hydrogens (tertiary/aromatic N) is 1. The Kier molecular flexibility index (Phi) is 5.68. The predicted molar refractivity (Wildman–Crippen MR) is 94.6 cm³/mol. The van der Waals surface area contributed by atoms with E-state index in [9.17, 15) is 4.79 Å². The van der Waals surface area contributed by atoms with Gasteiger partial charge in [-0.15, -0.1) is 0 Å². The maximum absolute atomic E-state index is 11.0. The van der Waals surface area contributed by atoms with Crippen molar-refractivity contribution in [3.05, 3.63) is 54.0 Å². The number of carbonyl (C=O) groups is 1. The van der Waals surface area contributed by atoms with Gasteiger partial charge in [-0.25, -0.2) is 4.79 Å². The molecule has 24 heavy (non-hydrogen) atoms. The number of hydrogen-bond donors (Lipinski definition) is 1. The lowest BCUT2D eigenvalue weighted by Crippen LogP contribution is -2.27. The average Bonchev–Trinajstić information content (AvgIpc) is 3.02. The summed E-state index contributed by atoms with van der Waals surface area (Å²) in [6.07, 6.45) is 1.79. The first-order valence-corrected chi connectivity index (χ1v) is 7.82. The number of benzene rings is 1. The van der Waals surface area contributed by atoms with E-state index < -0.39 is 5.97 Å². The summed E-state index contributed by atoms with van der Waals surface area (Å²) in [4.78, 5) is 13.1. The van der Waals surface area contributed by atoms with Gasteiger partial charge in [0.25, 0.3) is 0 Å². The van der Waals surface area contributed by atoms with Crippen molar-refractivity contribution in [2.45, 2.75) is 20.4 Å². The molecule has 5 nitrogen and oxygen atoms in total. The van der Waals surface area contributed by atoms with E-state index >= 15 is 0 Å². The number of anilines is 1. The van der Waals surface area contributed by atoms with E-state index in [-0.39, 0.29) is 5.76 Å². The first-order valence-electron chi connectivity index (χ1n) is 7.82. The Morgan fingerprint density at radius 1 is 1.38 bits per heavy atom. The van der Waals surface area contributed by atoms with Gasteiger partial charge < -0.3 is 19.2 Å². The van der Waals surface area contributed by atoms with Crippen LogP contribution in [0.15, 0.2) is 41.3 Å². The van der Waals surface area contributed by atoms with Crippen LogP contribution in [-0.4, -0.2) is 24.7 Å². The highest BCUT2D eigenvalue weighted by atomic mass is 16.5. The molecule has 0 aliphatic rings. The summed E-state index contributed by atoms with van der Waals surface area (Å²) in [6, 6.07) is 9.00. The second-order valence-electron chi connectivity index (χ2n) is 5.97. The van der Waals surface area contributed by atoms with Crippen LogP contribution in [0, 0.1) is 5.92 Å². The summed E-state index contributed by atoms with van der Waals surface area (Å²) >= 11 is 0. The van der Waals surface area contributed by atoms with E-state index in [1.165, 1.54) is 6.07 Å². The van der Waals surface area contributed by atoms with Gasteiger partial charge >= 0.3 is 5.97 Å². The van der Waals surface area contributed by atoms with Crippen molar-refractivity contribution in [1.29, 1.82) is 0 Å². The number of rotatable bonds is 8. The molecule has 0 aliphatic carbocycles. The molecule has 1 N–H and O–H groups in total. The fourth-order valence-electron chi connectivity index (χ4n) is 2.57. The van der Waals surface area contributed by atoms with Crippen molar-refractivity contribution >= 4 is 17.7 Å². The van der Waals surface area contributed by atoms with Crippen LogP contribution in [0.5, 0.6) is 5.75 Å². The first-order chi connectivity index (χ1) is 11.4. The second-order valence-corrected chi connectivity index (χ2v) is 5.97. The van der Waals surface area contributed by atoms with E-state index in [2.05, 4.69) is 25.3 Å². The number of carboxylic acid groups (broad SMARTS) is 1. The molecule has 0 aliphatic heterocycles. The summed E-state index contributed by atoms with van der Waals surface area (Å²) in [5, 5.41) is 9.00. The van der Waals surface area contributed by atoms with Gasteiger partial charge in [-0.1, -0.05) is 26.5 Å². The van der Waals surface area contributed by atoms with Crippen LogP contribution in [-0.2, 0) is 6.54 Å². The van der Waals surface area contributed by atoms with Crippen molar-refractivity contribution < 1.29 is 19.1 Å². The Morgan fingerprint density at radius 2 is 2.12 bits per heavy atom. The molecule has 1 heterocycles. The molecule has 0 unspecified atom stereocenters. The zero-order valence-corrected chi connectivity index (χ0v) is 14.3. The molecule has 0 fully saturated rings. The minimum absolute atomic E-state index is 0.0480. The fraction of sp³-hybridized carbons (Fsp3) is 0.316. The van der Waals surface area contributed by atoms with Crippen LogP contribution in [0.3, 0.4) is 0 Å². The Labute approximate surface area is 142 Å². The number of carboxylic acids is 1. The largest absolute Gasteiger partial charge is 0.497 e. The van der Waals surface area contributed by atoms with Crippen LogP contribution in [0.4, 0.5) is 5.69 Å². The molecular weight excluding hydrogens is 306 g/mol. The predicted octanol–water partition coefficient (Wildman–Crippen LogP) is 4.29. The highest BCUT2D eigenvalue weighted by molar-refractivity contribution is 5.84. The van der Waals surface area contributed by atoms with E-state index in [0.29, 0.717) is 18.2 Å². The molecule has 1 aromatic heterocycles. The minimum atomic E-state index is -1.06. The average molecular weight is 329 g/mol. The molecule has 0 saturated carbocycles. The lowest BCUT2D eigenvalue weighted by Gasteiger charge is -2.27. The van der Waals surface area contributed by atoms with Gasteiger partial charge in [0.1, 0.15) is 11.5 Å². The number of furan rings is 1. The summed E-state index contributed by atoms with van der Waals surface area (Å²) in [6.45, 7) is 9.43. The maximum atomic E-state index is 11.0.